The van der Waals surface area contributed by atoms with Gasteiger partial charge in [-0.2, -0.15) is 0 Å². The number of nitrogens with one attached hydrogen (secondary N) is 2. The molecule has 0 aliphatic carbocycles. The Bertz CT molecular complexity index is 1040. The number of nitrogens with zero attached hydrogens (tertiary/aromatic N) is 4. The molecule has 9 heteroatoms. The zero-order valence-corrected chi connectivity index (χ0v) is 18.0. The highest BCUT2D eigenvalue weighted by atomic mass is 16.5. The normalized spacial score (nSPS) is 14.1. The Morgan fingerprint density at radius 3 is 2.44 bits per heavy atom. The molecule has 1 fully saturated rings. The van der Waals surface area contributed by atoms with Crippen LogP contribution in [-0.2, 0) is 6.54 Å². The number of hydrogen-bond donors (Lipinski definition) is 3. The van der Waals surface area contributed by atoms with Crippen molar-refractivity contribution in [2.75, 3.05) is 49.3 Å². The Hall–Kier alpha value is -3.85. The molecule has 2 heterocycles. The second kappa shape index (κ2) is 9.97. The summed E-state index contributed by atoms with van der Waals surface area (Å²) in [6.07, 6.45) is 1.45. The molecule has 1 saturated heterocycles. The Balaban J connectivity index is 1.34. The molecule has 1 amide bonds. The summed E-state index contributed by atoms with van der Waals surface area (Å²) in [6.45, 7) is 4.38. The number of nitrogen functional groups attached to an aromatic ring is 1. The molecule has 1 aromatic heterocycles. The van der Waals surface area contributed by atoms with E-state index in [1.807, 2.05) is 6.07 Å². The molecule has 1 aliphatic heterocycles. The predicted molar refractivity (Wildman–Crippen MR) is 124 cm³/mol. The van der Waals surface area contributed by atoms with Crippen molar-refractivity contribution in [3.05, 3.63) is 72.1 Å². The van der Waals surface area contributed by atoms with Crippen LogP contribution in [0.1, 0.15) is 15.9 Å². The summed E-state index contributed by atoms with van der Waals surface area (Å²) in [5, 5.41) is 0. The van der Waals surface area contributed by atoms with Crippen LogP contribution < -0.4 is 26.2 Å². The van der Waals surface area contributed by atoms with Gasteiger partial charge in [-0.1, -0.05) is 30.3 Å². The number of aromatic nitrogens is 2. The minimum atomic E-state index is -0.304. The van der Waals surface area contributed by atoms with E-state index >= 15 is 0 Å². The van der Waals surface area contributed by atoms with E-state index in [0.29, 0.717) is 28.6 Å². The maximum Gasteiger partial charge on any atom is 0.269 e. The monoisotopic (exact) mass is 433 g/mol. The highest BCUT2D eigenvalue weighted by molar-refractivity contribution is 5.95. The van der Waals surface area contributed by atoms with Gasteiger partial charge in [0.05, 0.1) is 7.11 Å². The number of piperazine rings is 1. The zero-order chi connectivity index (χ0) is 22.3. The lowest BCUT2D eigenvalue weighted by Crippen LogP contribution is -2.46. The van der Waals surface area contributed by atoms with E-state index < -0.39 is 0 Å². The predicted octanol–water partition coefficient (Wildman–Crippen LogP) is 2.15. The minimum absolute atomic E-state index is 0.304. The largest absolute Gasteiger partial charge is 0.497 e. The second-order valence-electron chi connectivity index (χ2n) is 7.52. The van der Waals surface area contributed by atoms with Crippen LogP contribution in [0.5, 0.6) is 5.75 Å². The number of nitrogens with two attached hydrogens (primary N) is 1. The highest BCUT2D eigenvalue weighted by Gasteiger charge is 2.21. The minimum Gasteiger partial charge on any atom is -0.497 e. The van der Waals surface area contributed by atoms with Crippen molar-refractivity contribution >= 4 is 23.2 Å². The van der Waals surface area contributed by atoms with E-state index in [1.165, 1.54) is 11.9 Å². The Kier molecular flexibility index (Phi) is 6.66. The molecule has 0 unspecified atom stereocenters. The van der Waals surface area contributed by atoms with Crippen molar-refractivity contribution in [3.63, 3.8) is 0 Å². The molecule has 4 N–H and O–H groups in total. The van der Waals surface area contributed by atoms with Gasteiger partial charge >= 0.3 is 0 Å². The number of carbonyl (C=O) groups excluding carboxylic acids is 1. The molecule has 0 bridgehead atoms. The molecule has 3 aromatic rings. The van der Waals surface area contributed by atoms with Crippen LogP contribution in [0.25, 0.3) is 0 Å². The van der Waals surface area contributed by atoms with Gasteiger partial charge < -0.3 is 15.4 Å². The Labute approximate surface area is 187 Å². The van der Waals surface area contributed by atoms with E-state index in [-0.39, 0.29) is 5.91 Å². The van der Waals surface area contributed by atoms with Crippen molar-refractivity contribution in [1.29, 1.82) is 0 Å². The van der Waals surface area contributed by atoms with Crippen molar-refractivity contribution in [1.82, 2.24) is 20.3 Å². The second-order valence-corrected chi connectivity index (χ2v) is 7.52. The molecule has 4 rings (SSSR count). The summed E-state index contributed by atoms with van der Waals surface area (Å²) in [5.74, 6) is 1.41. The smallest absolute Gasteiger partial charge is 0.269 e. The first-order valence-corrected chi connectivity index (χ1v) is 10.5. The molecule has 0 radical (unpaired) electrons. The van der Waals surface area contributed by atoms with E-state index in [0.717, 1.165) is 32.7 Å². The topological polar surface area (TPSA) is 109 Å². The van der Waals surface area contributed by atoms with E-state index in [2.05, 4.69) is 54.9 Å². The fraction of sp³-hybridized carbons (Fsp3) is 0.261. The number of amides is 1. The van der Waals surface area contributed by atoms with Gasteiger partial charge in [0, 0.05) is 38.3 Å². The molecule has 1 aliphatic rings. The van der Waals surface area contributed by atoms with Crippen molar-refractivity contribution < 1.29 is 9.53 Å². The van der Waals surface area contributed by atoms with Crippen molar-refractivity contribution in [3.8, 4) is 5.75 Å². The standard InChI is InChI=1S/C23H27N7O2/c1-32-19-9-7-18(8-10-19)23(31)28-27-21-20(24)22(26-16-25-21)30-13-11-29(12-14-30)15-17-5-3-2-4-6-17/h2-10,16H,11-15,24H2,1H3,(H,28,31)(H,25,26,27). The van der Waals surface area contributed by atoms with Gasteiger partial charge in [-0.25, -0.2) is 9.97 Å². The van der Waals surface area contributed by atoms with Gasteiger partial charge in [0.1, 0.15) is 17.8 Å². The summed E-state index contributed by atoms with van der Waals surface area (Å²) in [4.78, 5) is 25.5. The van der Waals surface area contributed by atoms with Crippen LogP contribution in [-0.4, -0.2) is 54.1 Å². The summed E-state index contributed by atoms with van der Waals surface area (Å²) < 4.78 is 5.11. The fourth-order valence-corrected chi connectivity index (χ4v) is 3.63. The summed E-state index contributed by atoms with van der Waals surface area (Å²) in [7, 11) is 1.58. The first kappa shape index (κ1) is 21.4. The molecule has 9 nitrogen and oxygen atoms in total. The molecule has 0 spiro atoms. The molecule has 166 valence electrons. The highest BCUT2D eigenvalue weighted by Crippen LogP contribution is 2.26. The number of hydrazine groups is 1. The lowest BCUT2D eigenvalue weighted by molar-refractivity contribution is 0.0962. The third kappa shape index (κ3) is 5.06. The number of anilines is 3. The number of ether oxygens (including phenoxy) is 1. The maximum atomic E-state index is 12.4. The molecule has 0 atom stereocenters. The number of hydrogen-bond acceptors (Lipinski definition) is 8. The molecule has 0 saturated carbocycles. The van der Waals surface area contributed by atoms with Crippen molar-refractivity contribution in [2.24, 2.45) is 0 Å². The fourth-order valence-electron chi connectivity index (χ4n) is 3.63. The van der Waals surface area contributed by atoms with Gasteiger partial charge in [0.2, 0.25) is 0 Å². The first-order chi connectivity index (χ1) is 15.6. The Morgan fingerprint density at radius 1 is 1.03 bits per heavy atom. The van der Waals surface area contributed by atoms with Crippen molar-refractivity contribution in [2.45, 2.75) is 6.54 Å². The zero-order valence-electron chi connectivity index (χ0n) is 18.0. The number of carbonyl (C=O) groups is 1. The van der Waals surface area contributed by atoms with Gasteiger partial charge in [-0.3, -0.25) is 20.5 Å². The third-order valence-electron chi connectivity index (χ3n) is 5.43. The Morgan fingerprint density at radius 2 is 1.75 bits per heavy atom. The van der Waals surface area contributed by atoms with Gasteiger partial charge in [0.15, 0.2) is 11.6 Å². The van der Waals surface area contributed by atoms with E-state index in [4.69, 9.17) is 10.5 Å². The van der Waals surface area contributed by atoms with Crippen LogP contribution in [0.2, 0.25) is 0 Å². The SMILES string of the molecule is COc1ccc(C(=O)NNc2ncnc(N3CCN(Cc4ccccc4)CC3)c2N)cc1. The molecular weight excluding hydrogens is 406 g/mol. The molecular formula is C23H27N7O2. The van der Waals surface area contributed by atoms with E-state index in [1.54, 1.807) is 31.4 Å². The maximum absolute atomic E-state index is 12.4. The van der Waals surface area contributed by atoms with Crippen LogP contribution in [0.4, 0.5) is 17.3 Å². The lowest BCUT2D eigenvalue weighted by Gasteiger charge is -2.36. The summed E-state index contributed by atoms with van der Waals surface area (Å²) in [5.41, 5.74) is 14.0. The lowest BCUT2D eigenvalue weighted by atomic mass is 10.2. The van der Waals surface area contributed by atoms with Gasteiger partial charge in [-0.15, -0.1) is 0 Å². The summed E-state index contributed by atoms with van der Waals surface area (Å²) >= 11 is 0. The quantitative estimate of drug-likeness (QED) is 0.487. The van der Waals surface area contributed by atoms with Crippen LogP contribution in [0.3, 0.4) is 0 Å². The average molecular weight is 434 g/mol. The number of benzene rings is 2. The molecule has 32 heavy (non-hydrogen) atoms. The van der Waals surface area contributed by atoms with Crippen LogP contribution >= 0.6 is 0 Å². The number of rotatable bonds is 7. The average Bonchev–Trinajstić information content (AvgIpc) is 2.84. The molecule has 2 aromatic carbocycles. The summed E-state index contributed by atoms with van der Waals surface area (Å²) in [6, 6.07) is 17.3. The first-order valence-electron chi connectivity index (χ1n) is 10.5. The van der Waals surface area contributed by atoms with Crippen LogP contribution in [0, 0.1) is 0 Å². The van der Waals surface area contributed by atoms with Crippen LogP contribution in [0.15, 0.2) is 60.9 Å². The number of methoxy groups -OCH3 is 1. The van der Waals surface area contributed by atoms with Gasteiger partial charge in [0.25, 0.3) is 5.91 Å². The van der Waals surface area contributed by atoms with Gasteiger partial charge in [-0.05, 0) is 29.8 Å². The third-order valence-corrected chi connectivity index (χ3v) is 5.43. The van der Waals surface area contributed by atoms with E-state index in [9.17, 15) is 4.79 Å².